The van der Waals surface area contributed by atoms with Gasteiger partial charge in [-0.1, -0.05) is 24.6 Å². The number of amides is 2. The van der Waals surface area contributed by atoms with E-state index < -0.39 is 27.9 Å². The number of methoxy groups -OCH3 is 1. The molecule has 1 saturated heterocycles. The van der Waals surface area contributed by atoms with Gasteiger partial charge in [-0.25, -0.2) is 4.79 Å². The van der Waals surface area contributed by atoms with Gasteiger partial charge in [-0.2, -0.15) is 0 Å². The molecule has 11 nitrogen and oxygen atoms in total. The first-order valence-corrected chi connectivity index (χ1v) is 11.2. The van der Waals surface area contributed by atoms with E-state index in [-0.39, 0.29) is 29.0 Å². The number of carbonyl (C=O) groups excluding carboxylic acids is 2. The van der Waals surface area contributed by atoms with Gasteiger partial charge in [0.05, 0.1) is 12.6 Å². The number of hydrogen-bond acceptors (Lipinski definition) is 8. The van der Waals surface area contributed by atoms with E-state index >= 15 is 0 Å². The number of nitrogens with zero attached hydrogens (tertiary/aromatic N) is 1. The van der Waals surface area contributed by atoms with Crippen molar-refractivity contribution in [3.63, 3.8) is 0 Å². The molecule has 0 bridgehead atoms. The second-order valence-corrected chi connectivity index (χ2v) is 9.06. The van der Waals surface area contributed by atoms with Crippen LogP contribution in [0.2, 0.25) is 0 Å². The molecule has 0 spiro atoms. The van der Waals surface area contributed by atoms with E-state index in [4.69, 9.17) is 4.74 Å². The number of aliphatic imine (C=N–C) groups is 1. The fraction of sp³-hybridized carbons (Fsp3) is 0.381. The molecule has 2 aromatic rings. The number of H-pyrrole nitrogens is 2. The Bertz CT molecular complexity index is 1210. The van der Waals surface area contributed by atoms with Crippen LogP contribution in [-0.2, 0) is 15.1 Å². The topological polar surface area (TPSA) is 166 Å². The normalized spacial score (nSPS) is 20.6. The summed E-state index contributed by atoms with van der Waals surface area (Å²) in [5.41, 5.74) is -2.04. The van der Waals surface area contributed by atoms with Gasteiger partial charge in [-0.05, 0) is 37.1 Å². The van der Waals surface area contributed by atoms with Crippen LogP contribution in [0.25, 0.3) is 0 Å². The SMILES string of the molecule is COc1ccc(NC(=O)CC2SC(=NC3(c4c(O)[nH]c(=O)[nH]c4=O)CCCC3)NC2=O)cc1. The van der Waals surface area contributed by atoms with Crippen molar-refractivity contribution in [3.05, 3.63) is 50.7 Å². The first kappa shape index (κ1) is 22.6. The number of aromatic amines is 2. The largest absolute Gasteiger partial charge is 0.497 e. The number of thioether (sulfide) groups is 1. The maximum atomic E-state index is 12.5. The van der Waals surface area contributed by atoms with Crippen LogP contribution in [0, 0.1) is 0 Å². The Hall–Kier alpha value is -3.54. The van der Waals surface area contributed by atoms with Crippen LogP contribution in [0.4, 0.5) is 5.69 Å². The number of rotatable bonds is 6. The van der Waals surface area contributed by atoms with Crippen LogP contribution >= 0.6 is 11.8 Å². The molecule has 2 fully saturated rings. The summed E-state index contributed by atoms with van der Waals surface area (Å²) in [4.78, 5) is 57.8. The van der Waals surface area contributed by atoms with Gasteiger partial charge in [0.25, 0.3) is 5.56 Å². The molecular weight excluding hydrogens is 450 g/mol. The quantitative estimate of drug-likeness (QED) is 0.420. The number of aromatic hydroxyl groups is 1. The third kappa shape index (κ3) is 4.80. The van der Waals surface area contributed by atoms with Gasteiger partial charge in [0, 0.05) is 12.1 Å². The molecule has 174 valence electrons. The molecule has 33 heavy (non-hydrogen) atoms. The standard InChI is InChI=1S/C21H23N5O6S/c1-32-12-6-4-11(5-7-12)22-14(27)10-13-16(28)25-20(33-13)26-21(8-2-3-9-21)15-17(29)23-19(31)24-18(15)30/h4-7,13H,2-3,8-10H2,1H3,(H,22,27)(H,25,26,28)(H3,23,24,29,30,31). The number of benzene rings is 1. The molecule has 0 radical (unpaired) electrons. The van der Waals surface area contributed by atoms with Crippen LogP contribution in [0.1, 0.15) is 37.7 Å². The molecule has 2 heterocycles. The molecular formula is C21H23N5O6S. The number of ether oxygens (including phenoxy) is 1. The lowest BCUT2D eigenvalue weighted by atomic mass is 9.90. The summed E-state index contributed by atoms with van der Waals surface area (Å²) >= 11 is 1.10. The van der Waals surface area contributed by atoms with Crippen molar-refractivity contribution in [2.24, 2.45) is 4.99 Å². The van der Waals surface area contributed by atoms with Gasteiger partial charge in [0.1, 0.15) is 16.6 Å². The molecule has 4 rings (SSSR count). The first-order chi connectivity index (χ1) is 15.8. The number of anilines is 1. The van der Waals surface area contributed by atoms with Crippen molar-refractivity contribution in [2.45, 2.75) is 42.9 Å². The minimum absolute atomic E-state index is 0.0253. The smallest absolute Gasteiger partial charge is 0.328 e. The molecule has 1 unspecified atom stereocenters. The van der Waals surface area contributed by atoms with Crippen LogP contribution in [-0.4, -0.2) is 44.4 Å². The molecule has 1 aromatic heterocycles. The van der Waals surface area contributed by atoms with E-state index in [9.17, 15) is 24.3 Å². The van der Waals surface area contributed by atoms with Gasteiger partial charge in [0.15, 0.2) is 5.17 Å². The fourth-order valence-corrected chi connectivity index (χ4v) is 5.18. The Kier molecular flexibility index (Phi) is 6.27. The minimum Gasteiger partial charge on any atom is -0.497 e. The molecule has 1 aliphatic heterocycles. The monoisotopic (exact) mass is 473 g/mol. The molecule has 1 atom stereocenters. The Labute approximate surface area is 192 Å². The van der Waals surface area contributed by atoms with Crippen molar-refractivity contribution in [1.82, 2.24) is 15.3 Å². The number of aromatic nitrogens is 2. The van der Waals surface area contributed by atoms with Crippen molar-refractivity contribution < 1.29 is 19.4 Å². The summed E-state index contributed by atoms with van der Waals surface area (Å²) in [5, 5.41) is 15.3. The lowest BCUT2D eigenvalue weighted by Gasteiger charge is -2.24. The van der Waals surface area contributed by atoms with Gasteiger partial charge in [-0.15, -0.1) is 0 Å². The summed E-state index contributed by atoms with van der Waals surface area (Å²) in [6, 6.07) is 6.83. The maximum absolute atomic E-state index is 12.5. The maximum Gasteiger partial charge on any atom is 0.328 e. The van der Waals surface area contributed by atoms with Crippen molar-refractivity contribution >= 4 is 34.4 Å². The molecule has 1 aliphatic carbocycles. The average molecular weight is 474 g/mol. The van der Waals surface area contributed by atoms with Crippen molar-refractivity contribution in [1.29, 1.82) is 0 Å². The third-order valence-electron chi connectivity index (χ3n) is 5.66. The predicted octanol–water partition coefficient (Wildman–Crippen LogP) is 1.16. The highest BCUT2D eigenvalue weighted by molar-refractivity contribution is 8.15. The highest BCUT2D eigenvalue weighted by Gasteiger charge is 2.43. The van der Waals surface area contributed by atoms with Crippen LogP contribution in [0.15, 0.2) is 38.8 Å². The summed E-state index contributed by atoms with van der Waals surface area (Å²) in [7, 11) is 1.55. The van der Waals surface area contributed by atoms with Crippen LogP contribution in [0.5, 0.6) is 11.6 Å². The first-order valence-electron chi connectivity index (χ1n) is 10.4. The van der Waals surface area contributed by atoms with Crippen molar-refractivity contribution in [2.75, 3.05) is 12.4 Å². The van der Waals surface area contributed by atoms with Gasteiger partial charge in [0.2, 0.25) is 17.7 Å². The second-order valence-electron chi connectivity index (χ2n) is 7.86. The number of hydrogen-bond donors (Lipinski definition) is 5. The number of amidine groups is 1. The second kappa shape index (κ2) is 9.14. The summed E-state index contributed by atoms with van der Waals surface area (Å²) in [5.74, 6) is -0.566. The Morgan fingerprint density at radius 2 is 1.91 bits per heavy atom. The lowest BCUT2D eigenvalue weighted by molar-refractivity contribution is -0.122. The van der Waals surface area contributed by atoms with Crippen LogP contribution in [0.3, 0.4) is 0 Å². The predicted molar refractivity (Wildman–Crippen MR) is 123 cm³/mol. The molecule has 2 amide bonds. The Morgan fingerprint density at radius 3 is 2.55 bits per heavy atom. The van der Waals surface area contributed by atoms with E-state index in [1.807, 2.05) is 0 Å². The number of nitrogens with one attached hydrogen (secondary N) is 4. The van der Waals surface area contributed by atoms with Crippen LogP contribution < -0.4 is 26.6 Å². The fourth-order valence-electron chi connectivity index (χ4n) is 4.13. The summed E-state index contributed by atoms with van der Waals surface area (Å²) in [6.07, 6.45) is 2.40. The molecule has 2 aliphatic rings. The van der Waals surface area contributed by atoms with Gasteiger partial charge < -0.3 is 20.5 Å². The van der Waals surface area contributed by atoms with E-state index in [2.05, 4.69) is 25.6 Å². The van der Waals surface area contributed by atoms with Crippen molar-refractivity contribution in [3.8, 4) is 11.6 Å². The van der Waals surface area contributed by atoms with Gasteiger partial charge in [-0.3, -0.25) is 29.3 Å². The van der Waals surface area contributed by atoms with Gasteiger partial charge >= 0.3 is 5.69 Å². The van der Waals surface area contributed by atoms with E-state index in [1.165, 1.54) is 0 Å². The Morgan fingerprint density at radius 1 is 1.21 bits per heavy atom. The highest BCUT2D eigenvalue weighted by Crippen LogP contribution is 2.44. The van der Waals surface area contributed by atoms with E-state index in [0.717, 1.165) is 24.6 Å². The average Bonchev–Trinajstić information content (AvgIpc) is 3.34. The minimum atomic E-state index is -1.07. The summed E-state index contributed by atoms with van der Waals surface area (Å²) in [6.45, 7) is 0. The molecule has 12 heteroatoms. The number of carbonyl (C=O) groups is 2. The highest BCUT2D eigenvalue weighted by atomic mass is 32.2. The van der Waals surface area contributed by atoms with E-state index in [0.29, 0.717) is 24.3 Å². The molecule has 1 aromatic carbocycles. The summed E-state index contributed by atoms with van der Waals surface area (Å²) < 4.78 is 5.09. The van der Waals surface area contributed by atoms with E-state index in [1.54, 1.807) is 31.4 Å². The zero-order chi connectivity index (χ0) is 23.6. The lowest BCUT2D eigenvalue weighted by Crippen LogP contribution is -2.35. The zero-order valence-electron chi connectivity index (χ0n) is 17.8. The molecule has 1 saturated carbocycles. The Balaban J connectivity index is 1.50. The zero-order valence-corrected chi connectivity index (χ0v) is 18.6. The molecule has 5 N–H and O–H groups in total. The third-order valence-corrected chi connectivity index (χ3v) is 6.74.